The summed E-state index contributed by atoms with van der Waals surface area (Å²) in [6.45, 7) is 16.2. The van der Waals surface area contributed by atoms with Gasteiger partial charge in [0.1, 0.15) is 0 Å². The molecule has 2 saturated heterocycles. The standard InChI is InChI=1S/C18H36N2O/c1-6-14(2)16-11-19-17(18(3,4)5)13-20(16)12-15-9-7-8-10-21-15/h14-17,19H,6-13H2,1-5H3. The number of hydrogen-bond donors (Lipinski definition) is 1. The lowest BCUT2D eigenvalue weighted by Gasteiger charge is -2.48. The Bertz CT molecular complexity index is 307. The van der Waals surface area contributed by atoms with Gasteiger partial charge in [-0.3, -0.25) is 4.90 Å². The van der Waals surface area contributed by atoms with E-state index in [0.717, 1.165) is 25.6 Å². The largest absolute Gasteiger partial charge is 0.377 e. The molecule has 3 heteroatoms. The minimum atomic E-state index is 0.325. The minimum absolute atomic E-state index is 0.325. The Kier molecular flexibility index (Phi) is 6.10. The van der Waals surface area contributed by atoms with Gasteiger partial charge in [-0.1, -0.05) is 41.0 Å². The third-order valence-corrected chi connectivity index (χ3v) is 5.52. The van der Waals surface area contributed by atoms with E-state index in [1.807, 2.05) is 0 Å². The Labute approximate surface area is 131 Å². The molecule has 0 bridgehead atoms. The van der Waals surface area contributed by atoms with E-state index in [1.165, 1.54) is 32.2 Å². The quantitative estimate of drug-likeness (QED) is 0.861. The Hall–Kier alpha value is -0.120. The smallest absolute Gasteiger partial charge is 0.0702 e. The number of nitrogens with zero attached hydrogens (tertiary/aromatic N) is 1. The first kappa shape index (κ1) is 17.2. The molecule has 0 aromatic carbocycles. The third kappa shape index (κ3) is 4.67. The fraction of sp³-hybridized carbons (Fsp3) is 1.00. The Balaban J connectivity index is 2.01. The summed E-state index contributed by atoms with van der Waals surface area (Å²) in [4.78, 5) is 2.73. The first-order chi connectivity index (χ1) is 9.91. The summed E-state index contributed by atoms with van der Waals surface area (Å²) in [5.41, 5.74) is 0.325. The number of piperazine rings is 1. The minimum Gasteiger partial charge on any atom is -0.377 e. The van der Waals surface area contributed by atoms with Crippen molar-refractivity contribution < 1.29 is 4.74 Å². The van der Waals surface area contributed by atoms with Crippen molar-refractivity contribution in [2.75, 3.05) is 26.2 Å². The normalized spacial score (nSPS) is 33.9. The fourth-order valence-electron chi connectivity index (χ4n) is 3.66. The topological polar surface area (TPSA) is 24.5 Å². The van der Waals surface area contributed by atoms with Crippen LogP contribution < -0.4 is 5.32 Å². The van der Waals surface area contributed by atoms with Crippen LogP contribution >= 0.6 is 0 Å². The van der Waals surface area contributed by atoms with Crippen LogP contribution in [0, 0.1) is 11.3 Å². The molecule has 0 saturated carbocycles. The van der Waals surface area contributed by atoms with Crippen molar-refractivity contribution in [1.82, 2.24) is 10.2 Å². The second kappa shape index (κ2) is 7.43. The zero-order valence-electron chi connectivity index (χ0n) is 14.8. The van der Waals surface area contributed by atoms with Crippen molar-refractivity contribution in [3.8, 4) is 0 Å². The molecule has 2 aliphatic rings. The lowest BCUT2D eigenvalue weighted by Crippen LogP contribution is -2.63. The van der Waals surface area contributed by atoms with Crippen LogP contribution in [-0.2, 0) is 4.74 Å². The van der Waals surface area contributed by atoms with E-state index in [-0.39, 0.29) is 0 Å². The van der Waals surface area contributed by atoms with Crippen molar-refractivity contribution in [3.05, 3.63) is 0 Å². The van der Waals surface area contributed by atoms with Crippen LogP contribution in [0.25, 0.3) is 0 Å². The molecule has 0 aliphatic carbocycles. The molecular weight excluding hydrogens is 260 g/mol. The molecule has 3 nitrogen and oxygen atoms in total. The van der Waals surface area contributed by atoms with Gasteiger partial charge in [-0.2, -0.15) is 0 Å². The predicted molar refractivity (Wildman–Crippen MR) is 89.7 cm³/mol. The zero-order chi connectivity index (χ0) is 15.5. The maximum atomic E-state index is 6.00. The summed E-state index contributed by atoms with van der Waals surface area (Å²) in [5.74, 6) is 0.752. The maximum absolute atomic E-state index is 6.00. The summed E-state index contributed by atoms with van der Waals surface area (Å²) < 4.78 is 6.00. The van der Waals surface area contributed by atoms with Gasteiger partial charge < -0.3 is 10.1 Å². The van der Waals surface area contributed by atoms with Gasteiger partial charge in [-0.05, 0) is 30.6 Å². The monoisotopic (exact) mass is 296 g/mol. The average Bonchev–Trinajstić information content (AvgIpc) is 2.46. The Morgan fingerprint density at radius 2 is 2.05 bits per heavy atom. The second-order valence-corrected chi connectivity index (χ2v) is 8.22. The Morgan fingerprint density at radius 1 is 1.29 bits per heavy atom. The van der Waals surface area contributed by atoms with Crippen LogP contribution in [0.3, 0.4) is 0 Å². The lowest BCUT2D eigenvalue weighted by molar-refractivity contribution is -0.0342. The fourth-order valence-corrected chi connectivity index (χ4v) is 3.66. The summed E-state index contributed by atoms with van der Waals surface area (Å²) in [6.07, 6.45) is 5.56. The van der Waals surface area contributed by atoms with E-state index in [1.54, 1.807) is 0 Å². The summed E-state index contributed by atoms with van der Waals surface area (Å²) in [5, 5.41) is 3.81. The van der Waals surface area contributed by atoms with Gasteiger partial charge in [-0.25, -0.2) is 0 Å². The number of nitrogens with one attached hydrogen (secondary N) is 1. The molecule has 2 heterocycles. The SMILES string of the molecule is CCC(C)C1CNC(C(C)(C)C)CN1CC1CCCCO1. The van der Waals surface area contributed by atoms with E-state index in [4.69, 9.17) is 4.74 Å². The highest BCUT2D eigenvalue weighted by molar-refractivity contribution is 4.94. The molecular formula is C18H36N2O. The molecule has 0 radical (unpaired) electrons. The highest BCUT2D eigenvalue weighted by atomic mass is 16.5. The molecule has 4 unspecified atom stereocenters. The van der Waals surface area contributed by atoms with E-state index < -0.39 is 0 Å². The van der Waals surface area contributed by atoms with E-state index in [9.17, 15) is 0 Å². The first-order valence-electron chi connectivity index (χ1n) is 9.00. The molecule has 2 fully saturated rings. The van der Waals surface area contributed by atoms with Crippen LogP contribution in [0.4, 0.5) is 0 Å². The van der Waals surface area contributed by atoms with Crippen molar-refractivity contribution in [3.63, 3.8) is 0 Å². The predicted octanol–water partition coefficient (Wildman–Crippen LogP) is 3.29. The lowest BCUT2D eigenvalue weighted by atomic mass is 9.83. The van der Waals surface area contributed by atoms with Crippen LogP contribution in [0.15, 0.2) is 0 Å². The highest BCUT2D eigenvalue weighted by Gasteiger charge is 2.36. The molecule has 0 spiro atoms. The van der Waals surface area contributed by atoms with Gasteiger partial charge in [0.2, 0.25) is 0 Å². The Morgan fingerprint density at radius 3 is 2.62 bits per heavy atom. The van der Waals surface area contributed by atoms with Crippen molar-refractivity contribution >= 4 is 0 Å². The zero-order valence-corrected chi connectivity index (χ0v) is 14.8. The van der Waals surface area contributed by atoms with Gasteiger partial charge in [0.15, 0.2) is 0 Å². The van der Waals surface area contributed by atoms with Gasteiger partial charge in [0.05, 0.1) is 6.10 Å². The van der Waals surface area contributed by atoms with Crippen molar-refractivity contribution in [2.24, 2.45) is 11.3 Å². The highest BCUT2D eigenvalue weighted by Crippen LogP contribution is 2.27. The van der Waals surface area contributed by atoms with Gasteiger partial charge in [-0.15, -0.1) is 0 Å². The average molecular weight is 296 g/mol. The molecule has 2 rings (SSSR count). The van der Waals surface area contributed by atoms with E-state index in [2.05, 4.69) is 44.8 Å². The number of rotatable bonds is 4. The second-order valence-electron chi connectivity index (χ2n) is 8.22. The van der Waals surface area contributed by atoms with E-state index in [0.29, 0.717) is 23.6 Å². The molecule has 0 aromatic rings. The molecule has 0 amide bonds. The molecule has 2 aliphatic heterocycles. The van der Waals surface area contributed by atoms with Crippen molar-refractivity contribution in [1.29, 1.82) is 0 Å². The first-order valence-corrected chi connectivity index (χ1v) is 9.00. The maximum Gasteiger partial charge on any atom is 0.0702 e. The van der Waals surface area contributed by atoms with Gasteiger partial charge >= 0.3 is 0 Å². The summed E-state index contributed by atoms with van der Waals surface area (Å²) in [7, 11) is 0. The van der Waals surface area contributed by atoms with E-state index >= 15 is 0 Å². The van der Waals surface area contributed by atoms with Crippen LogP contribution in [0.1, 0.15) is 60.3 Å². The summed E-state index contributed by atoms with van der Waals surface area (Å²) >= 11 is 0. The molecule has 21 heavy (non-hydrogen) atoms. The molecule has 124 valence electrons. The van der Waals surface area contributed by atoms with Crippen molar-refractivity contribution in [2.45, 2.75) is 78.5 Å². The third-order valence-electron chi connectivity index (χ3n) is 5.52. The van der Waals surface area contributed by atoms with Gasteiger partial charge in [0, 0.05) is 38.3 Å². The molecule has 0 aromatic heterocycles. The molecule has 4 atom stereocenters. The van der Waals surface area contributed by atoms with Crippen LogP contribution in [-0.4, -0.2) is 49.3 Å². The van der Waals surface area contributed by atoms with Gasteiger partial charge in [0.25, 0.3) is 0 Å². The molecule has 1 N–H and O–H groups in total. The number of ether oxygens (including phenoxy) is 1. The number of hydrogen-bond acceptors (Lipinski definition) is 3. The summed E-state index contributed by atoms with van der Waals surface area (Å²) in [6, 6.07) is 1.25. The van der Waals surface area contributed by atoms with Crippen LogP contribution in [0.2, 0.25) is 0 Å². The van der Waals surface area contributed by atoms with Crippen LogP contribution in [0.5, 0.6) is 0 Å².